The Bertz CT molecular complexity index is 2880. The lowest BCUT2D eigenvalue weighted by atomic mass is 9.85. The van der Waals surface area contributed by atoms with Crippen molar-refractivity contribution >= 4 is 43.1 Å². The van der Waals surface area contributed by atoms with Gasteiger partial charge in [0.2, 0.25) is 0 Å². The van der Waals surface area contributed by atoms with Crippen molar-refractivity contribution in [2.75, 3.05) is 0 Å². The van der Waals surface area contributed by atoms with Crippen molar-refractivity contribution in [1.82, 2.24) is 0 Å². The van der Waals surface area contributed by atoms with Crippen LogP contribution >= 0.6 is 0 Å². The molecular weight excluding hydrogens is 625 g/mol. The average Bonchev–Trinajstić information content (AvgIpc) is 3.22. The molecule has 10 aromatic rings. The fraction of sp³-hybridized carbons (Fsp3) is 0. The molecular formula is C52H34. The van der Waals surface area contributed by atoms with Crippen molar-refractivity contribution < 1.29 is 0 Å². The van der Waals surface area contributed by atoms with Gasteiger partial charge in [-0.2, -0.15) is 0 Å². The van der Waals surface area contributed by atoms with E-state index in [0.717, 1.165) is 0 Å². The molecule has 0 radical (unpaired) electrons. The van der Waals surface area contributed by atoms with Crippen molar-refractivity contribution in [2.45, 2.75) is 0 Å². The molecule has 0 heteroatoms. The number of fused-ring (bicyclic) bond motifs is 4. The molecule has 0 saturated heterocycles. The van der Waals surface area contributed by atoms with Gasteiger partial charge in [0.25, 0.3) is 0 Å². The van der Waals surface area contributed by atoms with Crippen LogP contribution in [0.2, 0.25) is 0 Å². The molecule has 0 fully saturated rings. The maximum Gasteiger partial charge on any atom is -0.00262 e. The minimum absolute atomic E-state index is 1.22. The summed E-state index contributed by atoms with van der Waals surface area (Å²) in [7, 11) is 0. The van der Waals surface area contributed by atoms with E-state index in [4.69, 9.17) is 0 Å². The van der Waals surface area contributed by atoms with E-state index in [-0.39, 0.29) is 0 Å². The van der Waals surface area contributed by atoms with Gasteiger partial charge in [-0.25, -0.2) is 0 Å². The number of rotatable bonds is 5. The highest BCUT2D eigenvalue weighted by atomic mass is 14.2. The molecule has 0 aliphatic carbocycles. The Morgan fingerprint density at radius 1 is 0.192 bits per heavy atom. The predicted octanol–water partition coefficient (Wildman–Crippen LogP) is 14.6. The molecule has 0 unspecified atom stereocenters. The van der Waals surface area contributed by atoms with Crippen LogP contribution in [0.1, 0.15) is 0 Å². The van der Waals surface area contributed by atoms with Gasteiger partial charge in [0.1, 0.15) is 0 Å². The topological polar surface area (TPSA) is 0 Å². The van der Waals surface area contributed by atoms with Crippen LogP contribution in [0.5, 0.6) is 0 Å². The van der Waals surface area contributed by atoms with E-state index in [1.807, 2.05) is 0 Å². The first kappa shape index (κ1) is 30.1. The van der Waals surface area contributed by atoms with Gasteiger partial charge < -0.3 is 0 Å². The summed E-state index contributed by atoms with van der Waals surface area (Å²) in [5.74, 6) is 0. The molecule has 0 bridgehead atoms. The highest BCUT2D eigenvalue weighted by Gasteiger charge is 2.17. The van der Waals surface area contributed by atoms with E-state index in [1.165, 1.54) is 98.7 Å². The Balaban J connectivity index is 1.11. The van der Waals surface area contributed by atoms with E-state index in [1.54, 1.807) is 0 Å². The number of hydrogen-bond acceptors (Lipinski definition) is 0. The van der Waals surface area contributed by atoms with Crippen LogP contribution in [0.15, 0.2) is 206 Å². The first-order chi connectivity index (χ1) is 25.8. The molecule has 0 aliphatic heterocycles. The molecule has 52 heavy (non-hydrogen) atoms. The fourth-order valence-electron chi connectivity index (χ4n) is 8.12. The molecule has 0 spiro atoms. The van der Waals surface area contributed by atoms with E-state index in [2.05, 4.69) is 206 Å². The van der Waals surface area contributed by atoms with Gasteiger partial charge in [-0.05, 0) is 117 Å². The normalized spacial score (nSPS) is 11.5. The van der Waals surface area contributed by atoms with Crippen LogP contribution in [0.25, 0.3) is 98.7 Å². The zero-order valence-electron chi connectivity index (χ0n) is 28.6. The maximum absolute atomic E-state index is 2.39. The SMILES string of the molecule is c1ccc(-c2ccccc2-c2ccc3ccc(-c4c5ccccc5c(-c5ccc(-c6ccc7ccccc7c6)cc5)c5ccccc45)cc3c2)cc1. The second kappa shape index (κ2) is 12.5. The molecule has 0 nitrogen and oxygen atoms in total. The molecule has 0 aliphatic rings. The third-order valence-corrected chi connectivity index (χ3v) is 10.6. The van der Waals surface area contributed by atoms with Crippen molar-refractivity contribution in [3.63, 3.8) is 0 Å². The van der Waals surface area contributed by atoms with Crippen LogP contribution < -0.4 is 0 Å². The highest BCUT2D eigenvalue weighted by molar-refractivity contribution is 6.21. The molecule has 0 N–H and O–H groups in total. The summed E-state index contributed by atoms with van der Waals surface area (Å²) in [5.41, 5.74) is 12.4. The van der Waals surface area contributed by atoms with E-state index < -0.39 is 0 Å². The molecule has 0 saturated carbocycles. The van der Waals surface area contributed by atoms with Crippen LogP contribution in [0.4, 0.5) is 0 Å². The summed E-state index contributed by atoms with van der Waals surface area (Å²) in [4.78, 5) is 0. The van der Waals surface area contributed by atoms with Gasteiger partial charge in [0, 0.05) is 0 Å². The van der Waals surface area contributed by atoms with Gasteiger partial charge in [-0.15, -0.1) is 0 Å². The fourth-order valence-corrected chi connectivity index (χ4v) is 8.12. The average molecular weight is 659 g/mol. The largest absolute Gasteiger partial charge is 0.0622 e. The number of benzene rings is 10. The maximum atomic E-state index is 2.39. The van der Waals surface area contributed by atoms with Gasteiger partial charge in [0.05, 0.1) is 0 Å². The zero-order chi connectivity index (χ0) is 34.4. The molecule has 0 aromatic heterocycles. The van der Waals surface area contributed by atoms with Crippen molar-refractivity contribution in [3.8, 4) is 55.6 Å². The first-order valence-corrected chi connectivity index (χ1v) is 18.0. The van der Waals surface area contributed by atoms with Gasteiger partial charge >= 0.3 is 0 Å². The quantitative estimate of drug-likeness (QED) is 0.161. The van der Waals surface area contributed by atoms with E-state index >= 15 is 0 Å². The van der Waals surface area contributed by atoms with Gasteiger partial charge in [-0.3, -0.25) is 0 Å². The lowest BCUT2D eigenvalue weighted by Crippen LogP contribution is -1.91. The smallest absolute Gasteiger partial charge is 0.00262 e. The molecule has 242 valence electrons. The highest BCUT2D eigenvalue weighted by Crippen LogP contribution is 2.45. The van der Waals surface area contributed by atoms with Crippen molar-refractivity contribution in [2.24, 2.45) is 0 Å². The molecule has 0 heterocycles. The summed E-state index contributed by atoms with van der Waals surface area (Å²) in [6, 6.07) is 75.5. The van der Waals surface area contributed by atoms with Crippen molar-refractivity contribution in [3.05, 3.63) is 206 Å². The lowest BCUT2D eigenvalue weighted by molar-refractivity contribution is 1.59. The molecule has 0 amide bonds. The molecule has 10 aromatic carbocycles. The second-order valence-corrected chi connectivity index (χ2v) is 13.7. The predicted molar refractivity (Wildman–Crippen MR) is 224 cm³/mol. The first-order valence-electron chi connectivity index (χ1n) is 18.0. The standard InChI is InChI=1S/C52H34/c1-2-13-38(14-3-1)45-16-6-7-17-46(45)42-30-25-37-26-31-43(34-44(37)33-42)52-49-20-10-8-18-47(49)51(48-19-9-11-21-50(48)52)39-27-22-36(23-28-39)41-29-24-35-12-4-5-15-40(35)32-41/h1-34H. The van der Waals surface area contributed by atoms with E-state index in [9.17, 15) is 0 Å². The Morgan fingerprint density at radius 2 is 0.596 bits per heavy atom. The summed E-state index contributed by atoms with van der Waals surface area (Å²) in [5, 5.41) is 10.1. The Hall–Kier alpha value is -6.76. The van der Waals surface area contributed by atoms with Gasteiger partial charge in [-0.1, -0.05) is 188 Å². The lowest BCUT2D eigenvalue weighted by Gasteiger charge is -2.18. The summed E-state index contributed by atoms with van der Waals surface area (Å²) in [6.45, 7) is 0. The Kier molecular flexibility index (Phi) is 7.25. The molecule has 10 rings (SSSR count). The van der Waals surface area contributed by atoms with Crippen LogP contribution in [-0.4, -0.2) is 0 Å². The third kappa shape index (κ3) is 5.16. The summed E-state index contributed by atoms with van der Waals surface area (Å²) >= 11 is 0. The zero-order valence-corrected chi connectivity index (χ0v) is 28.6. The van der Waals surface area contributed by atoms with Crippen LogP contribution in [0.3, 0.4) is 0 Å². The van der Waals surface area contributed by atoms with Crippen LogP contribution in [0, 0.1) is 0 Å². The second-order valence-electron chi connectivity index (χ2n) is 13.7. The summed E-state index contributed by atoms with van der Waals surface area (Å²) in [6.07, 6.45) is 0. The minimum Gasteiger partial charge on any atom is -0.0622 e. The Labute approximate surface area is 303 Å². The van der Waals surface area contributed by atoms with Crippen molar-refractivity contribution in [1.29, 1.82) is 0 Å². The third-order valence-electron chi connectivity index (χ3n) is 10.6. The number of hydrogen-bond donors (Lipinski definition) is 0. The van der Waals surface area contributed by atoms with E-state index in [0.29, 0.717) is 0 Å². The minimum atomic E-state index is 1.22. The molecule has 0 atom stereocenters. The summed E-state index contributed by atoms with van der Waals surface area (Å²) < 4.78 is 0. The van der Waals surface area contributed by atoms with Crippen LogP contribution in [-0.2, 0) is 0 Å². The van der Waals surface area contributed by atoms with Gasteiger partial charge in [0.15, 0.2) is 0 Å². The monoisotopic (exact) mass is 658 g/mol. The Morgan fingerprint density at radius 3 is 1.25 bits per heavy atom.